The zero-order valence-electron chi connectivity index (χ0n) is 14.4. The fraction of sp³-hybridized carbons (Fsp3) is 0.167. The van der Waals surface area contributed by atoms with Gasteiger partial charge in [-0.25, -0.2) is 13.2 Å². The third-order valence-electron chi connectivity index (χ3n) is 4.25. The Morgan fingerprint density at radius 3 is 2.25 bits per heavy atom. The molecular formula is C18H15F3N2O4S. The van der Waals surface area contributed by atoms with E-state index in [1.54, 1.807) is 10.8 Å². The Balaban J connectivity index is 2.30. The molecule has 0 spiro atoms. The maximum absolute atomic E-state index is 14.3. The normalized spacial score (nSPS) is 14.6. The molecule has 0 aliphatic carbocycles. The number of hydrogen-bond donors (Lipinski definition) is 2. The van der Waals surface area contributed by atoms with E-state index in [-0.39, 0.29) is 5.39 Å². The number of ether oxygens (including phenoxy) is 1. The van der Waals surface area contributed by atoms with Gasteiger partial charge in [-0.05, 0) is 18.2 Å². The first kappa shape index (κ1) is 19.9. The van der Waals surface area contributed by atoms with Crippen LogP contribution in [0, 0.1) is 0 Å². The lowest BCUT2D eigenvalue weighted by atomic mass is 9.90. The summed E-state index contributed by atoms with van der Waals surface area (Å²) < 4.78 is 74.3. The molecule has 0 saturated carbocycles. The molecule has 2 N–H and O–H groups in total. The highest BCUT2D eigenvalue weighted by Crippen LogP contribution is 2.44. The summed E-state index contributed by atoms with van der Waals surface area (Å²) in [4.78, 5) is 14.7. The van der Waals surface area contributed by atoms with Crippen LogP contribution in [0.5, 0.6) is 0 Å². The number of carbonyl (C=O) groups is 1. The number of fused-ring (bicyclic) bond motifs is 1. The molecular weight excluding hydrogens is 397 g/mol. The number of rotatable bonds is 5. The van der Waals surface area contributed by atoms with Crippen molar-refractivity contribution in [3.63, 3.8) is 0 Å². The molecule has 3 rings (SSSR count). The van der Waals surface area contributed by atoms with Crippen molar-refractivity contribution < 1.29 is 31.1 Å². The molecule has 10 heteroatoms. The number of esters is 1. The summed E-state index contributed by atoms with van der Waals surface area (Å²) in [6.07, 6.45) is -4.39. The molecule has 0 amide bonds. The number of sulfonamides is 1. The number of halogens is 3. The van der Waals surface area contributed by atoms with Crippen LogP contribution in [0.1, 0.15) is 5.56 Å². The van der Waals surface area contributed by atoms with Crippen molar-refractivity contribution in [3.8, 4) is 0 Å². The molecule has 0 aliphatic heterocycles. The Labute approximate surface area is 158 Å². The number of hydrogen-bond acceptors (Lipinski definition) is 4. The zero-order chi connectivity index (χ0) is 20.6. The predicted molar refractivity (Wildman–Crippen MR) is 94.8 cm³/mol. The van der Waals surface area contributed by atoms with E-state index in [4.69, 9.17) is 0 Å². The second kappa shape index (κ2) is 6.95. The molecule has 0 radical (unpaired) electrons. The van der Waals surface area contributed by atoms with Gasteiger partial charge in [0, 0.05) is 22.7 Å². The van der Waals surface area contributed by atoms with Crippen molar-refractivity contribution in [3.05, 3.63) is 66.4 Å². The molecule has 148 valence electrons. The average molecular weight is 412 g/mol. The topological polar surface area (TPSA) is 88.3 Å². The fourth-order valence-electron chi connectivity index (χ4n) is 2.93. The summed E-state index contributed by atoms with van der Waals surface area (Å²) in [6, 6.07) is 12.4. The second-order valence-corrected chi connectivity index (χ2v) is 7.59. The van der Waals surface area contributed by atoms with Crippen molar-refractivity contribution >= 4 is 26.9 Å². The average Bonchev–Trinajstić information content (AvgIpc) is 3.09. The van der Waals surface area contributed by atoms with Gasteiger partial charge in [0.1, 0.15) is 0 Å². The van der Waals surface area contributed by atoms with Crippen LogP contribution in [0.15, 0.2) is 65.7 Å². The molecule has 0 saturated heterocycles. The Kier molecular flexibility index (Phi) is 4.94. The molecule has 0 fully saturated rings. The molecule has 1 atom stereocenters. The molecule has 28 heavy (non-hydrogen) atoms. The van der Waals surface area contributed by atoms with Crippen molar-refractivity contribution in [2.75, 3.05) is 7.11 Å². The molecule has 0 bridgehead atoms. The van der Waals surface area contributed by atoms with Gasteiger partial charge in [-0.2, -0.15) is 17.9 Å². The highest BCUT2D eigenvalue weighted by Gasteiger charge is 2.65. The van der Waals surface area contributed by atoms with E-state index in [2.05, 4.69) is 9.72 Å². The van der Waals surface area contributed by atoms with E-state index < -0.39 is 38.2 Å². The van der Waals surface area contributed by atoms with Gasteiger partial charge in [0.25, 0.3) is 5.54 Å². The molecule has 0 unspecified atom stereocenters. The van der Waals surface area contributed by atoms with Crippen molar-refractivity contribution in [1.82, 2.24) is 9.71 Å². The van der Waals surface area contributed by atoms with Gasteiger partial charge in [-0.3, -0.25) is 0 Å². The lowest BCUT2D eigenvalue weighted by Gasteiger charge is -2.33. The Morgan fingerprint density at radius 2 is 1.64 bits per heavy atom. The van der Waals surface area contributed by atoms with Crippen LogP contribution in [-0.2, 0) is 25.1 Å². The minimum atomic E-state index is -5.34. The summed E-state index contributed by atoms with van der Waals surface area (Å²) in [6.45, 7) is 0. The summed E-state index contributed by atoms with van der Waals surface area (Å²) in [5, 5.41) is 0.0287. The number of alkyl halides is 3. The summed E-state index contributed by atoms with van der Waals surface area (Å²) in [5.74, 6) is -1.80. The van der Waals surface area contributed by atoms with E-state index in [0.717, 1.165) is 25.4 Å². The number of para-hydroxylation sites is 1. The number of benzene rings is 2. The minimum absolute atomic E-state index is 0.0287. The smallest absolute Gasteiger partial charge is 0.422 e. The van der Waals surface area contributed by atoms with Crippen molar-refractivity contribution in [1.29, 1.82) is 0 Å². The number of aromatic amines is 1. The fourth-order valence-corrected chi connectivity index (χ4v) is 4.27. The Morgan fingerprint density at radius 1 is 1.04 bits per heavy atom. The lowest BCUT2D eigenvalue weighted by molar-refractivity contribution is -0.210. The van der Waals surface area contributed by atoms with E-state index in [1.165, 1.54) is 36.4 Å². The first-order valence-electron chi connectivity index (χ1n) is 7.94. The maximum Gasteiger partial charge on any atom is 0.422 e. The quantitative estimate of drug-likeness (QED) is 0.631. The van der Waals surface area contributed by atoms with Crippen LogP contribution < -0.4 is 4.72 Å². The number of methoxy groups -OCH3 is 1. The summed E-state index contributed by atoms with van der Waals surface area (Å²) in [7, 11) is -3.98. The van der Waals surface area contributed by atoms with Gasteiger partial charge in [0.2, 0.25) is 10.0 Å². The number of nitrogens with one attached hydrogen (secondary N) is 2. The van der Waals surface area contributed by atoms with Crippen LogP contribution in [0.4, 0.5) is 13.2 Å². The van der Waals surface area contributed by atoms with Crippen LogP contribution in [0.2, 0.25) is 0 Å². The highest BCUT2D eigenvalue weighted by atomic mass is 32.2. The lowest BCUT2D eigenvalue weighted by Crippen LogP contribution is -2.61. The summed E-state index contributed by atoms with van der Waals surface area (Å²) >= 11 is 0. The van der Waals surface area contributed by atoms with Gasteiger partial charge >= 0.3 is 12.1 Å². The largest absolute Gasteiger partial charge is 0.467 e. The van der Waals surface area contributed by atoms with Crippen LogP contribution in [-0.4, -0.2) is 32.7 Å². The van der Waals surface area contributed by atoms with E-state index in [1.807, 2.05) is 0 Å². The van der Waals surface area contributed by atoms with Crippen molar-refractivity contribution in [2.45, 2.75) is 16.6 Å². The molecule has 1 heterocycles. The Hall–Kier alpha value is -2.85. The highest BCUT2D eigenvalue weighted by molar-refractivity contribution is 7.89. The second-order valence-electron chi connectivity index (χ2n) is 5.91. The van der Waals surface area contributed by atoms with Gasteiger partial charge in [0.15, 0.2) is 0 Å². The van der Waals surface area contributed by atoms with Crippen LogP contribution >= 0.6 is 0 Å². The molecule has 2 aromatic carbocycles. The van der Waals surface area contributed by atoms with E-state index in [9.17, 15) is 26.4 Å². The van der Waals surface area contributed by atoms with Crippen LogP contribution in [0.3, 0.4) is 0 Å². The number of carbonyl (C=O) groups excluding carboxylic acids is 1. The van der Waals surface area contributed by atoms with Crippen LogP contribution in [0.25, 0.3) is 10.9 Å². The monoisotopic (exact) mass is 412 g/mol. The molecule has 3 aromatic rings. The number of H-pyrrole nitrogens is 1. The van der Waals surface area contributed by atoms with E-state index >= 15 is 0 Å². The molecule has 6 nitrogen and oxygen atoms in total. The SMILES string of the molecule is COC(=O)[C@](NS(=O)(=O)c1ccccc1)(c1c[nH]c2ccccc12)C(F)(F)F. The minimum Gasteiger partial charge on any atom is -0.467 e. The third kappa shape index (κ3) is 3.14. The van der Waals surface area contributed by atoms with Gasteiger partial charge in [-0.15, -0.1) is 0 Å². The third-order valence-corrected chi connectivity index (χ3v) is 5.72. The Bertz CT molecular complexity index is 1110. The zero-order valence-corrected chi connectivity index (χ0v) is 15.3. The van der Waals surface area contributed by atoms with Gasteiger partial charge in [0.05, 0.1) is 12.0 Å². The van der Waals surface area contributed by atoms with Gasteiger partial charge < -0.3 is 9.72 Å². The first-order valence-corrected chi connectivity index (χ1v) is 9.42. The molecule has 0 aliphatic rings. The van der Waals surface area contributed by atoms with E-state index in [0.29, 0.717) is 5.52 Å². The van der Waals surface area contributed by atoms with Gasteiger partial charge in [-0.1, -0.05) is 36.4 Å². The summed E-state index contributed by atoms with van der Waals surface area (Å²) in [5.41, 5.74) is -3.95. The first-order chi connectivity index (χ1) is 13.1. The predicted octanol–water partition coefficient (Wildman–Crippen LogP) is 3.08. The number of aromatic nitrogens is 1. The standard InChI is InChI=1S/C18H15F3N2O4S/c1-27-16(24)17(18(19,20)21,14-11-22-15-10-6-5-9-13(14)15)23-28(25,26)12-7-3-2-4-8-12/h2-11,22-23H,1H3/t17-/m1/s1. The van der Waals surface area contributed by atoms with Crippen molar-refractivity contribution in [2.24, 2.45) is 0 Å². The molecule has 1 aromatic heterocycles. The maximum atomic E-state index is 14.3.